The van der Waals surface area contributed by atoms with Gasteiger partial charge in [-0.15, -0.1) is 0 Å². The zero-order chi connectivity index (χ0) is 22.2. The van der Waals surface area contributed by atoms with E-state index in [2.05, 4.69) is 0 Å². The van der Waals surface area contributed by atoms with Gasteiger partial charge in [-0.3, -0.25) is 8.51 Å². The molecule has 0 radical (unpaired) electrons. The second-order valence-corrected chi connectivity index (χ2v) is 9.41. The summed E-state index contributed by atoms with van der Waals surface area (Å²) in [5.41, 5.74) is 2.67. The van der Waals surface area contributed by atoms with Crippen molar-refractivity contribution in [2.24, 2.45) is 0 Å². The molecule has 0 saturated heterocycles. The summed E-state index contributed by atoms with van der Waals surface area (Å²) in [7, 11) is 0. The molecule has 31 heavy (non-hydrogen) atoms. The number of rotatable bonds is 3. The predicted molar refractivity (Wildman–Crippen MR) is 122 cm³/mol. The Balaban J connectivity index is 1.65. The van der Waals surface area contributed by atoms with Gasteiger partial charge in [0.05, 0.1) is 22.6 Å². The quantitative estimate of drug-likeness (QED) is 0.537. The molecule has 0 aliphatic carbocycles. The van der Waals surface area contributed by atoms with Crippen molar-refractivity contribution in [3.05, 3.63) is 71.8 Å². The van der Waals surface area contributed by atoms with Crippen LogP contribution in [0.25, 0.3) is 10.8 Å². The number of fused-ring (bicyclic) bond motifs is 2. The van der Waals surface area contributed by atoms with Crippen LogP contribution in [0.4, 0.5) is 16.2 Å². The molecule has 6 nitrogen and oxygen atoms in total. The maximum absolute atomic E-state index is 12.4. The minimum atomic E-state index is -2.49. The Morgan fingerprint density at radius 2 is 1.81 bits per heavy atom. The van der Waals surface area contributed by atoms with Crippen molar-refractivity contribution in [3.63, 3.8) is 0 Å². The molecule has 3 aromatic rings. The maximum atomic E-state index is 12.4. The lowest BCUT2D eigenvalue weighted by molar-refractivity contribution is 0.0224. The van der Waals surface area contributed by atoms with Crippen molar-refractivity contribution < 1.29 is 18.3 Å². The van der Waals surface area contributed by atoms with Gasteiger partial charge >= 0.3 is 6.09 Å². The third-order valence-corrected chi connectivity index (χ3v) is 5.93. The molecular weight excluding hydrogens is 412 g/mol. The molecule has 1 heterocycles. The van der Waals surface area contributed by atoms with Crippen LogP contribution in [0, 0.1) is 0 Å². The fraction of sp³-hybridized carbons (Fsp3) is 0.292. The largest absolute Gasteiger partial charge is 0.755 e. The lowest BCUT2D eigenvalue weighted by atomic mass is 9.99. The zero-order valence-electron chi connectivity index (χ0n) is 17.8. The highest BCUT2D eigenvalue weighted by Gasteiger charge is 2.26. The average Bonchev–Trinajstić information content (AvgIpc) is 2.72. The monoisotopic (exact) mass is 437 g/mol. The van der Waals surface area contributed by atoms with E-state index in [1.54, 1.807) is 11.0 Å². The Morgan fingerprint density at radius 1 is 1.06 bits per heavy atom. The van der Waals surface area contributed by atoms with E-state index in [4.69, 9.17) is 4.74 Å². The first-order valence-electron chi connectivity index (χ1n) is 10.2. The summed E-state index contributed by atoms with van der Waals surface area (Å²) in [4.78, 5) is 14.1. The number of anilines is 2. The normalized spacial score (nSPS) is 14.8. The molecule has 4 rings (SSSR count). The second-order valence-electron chi connectivity index (χ2n) is 8.61. The molecule has 162 valence electrons. The first-order chi connectivity index (χ1) is 14.7. The van der Waals surface area contributed by atoms with Gasteiger partial charge in [-0.25, -0.2) is 4.79 Å². The molecule has 1 unspecified atom stereocenters. The van der Waals surface area contributed by atoms with Crippen molar-refractivity contribution in [1.82, 2.24) is 4.90 Å². The Morgan fingerprint density at radius 3 is 2.55 bits per heavy atom. The first-order valence-corrected chi connectivity index (χ1v) is 11.2. The molecule has 0 bridgehead atoms. The number of nitrogens with zero attached hydrogens (tertiary/aromatic N) is 2. The summed E-state index contributed by atoms with van der Waals surface area (Å²) in [6.07, 6.45) is 0.303. The number of carbonyl (C=O) groups excluding carboxylic acids is 1. The molecule has 0 fully saturated rings. The molecule has 0 N–H and O–H groups in total. The third kappa shape index (κ3) is 4.57. The standard InChI is InChI=1S/C24H26N2O4S/c1-24(2,3)30-23(27)25-14-13-18-15-20(12-11-19(18)16-25)26(31(28)29)22-10-6-8-17-7-4-5-9-21(17)22/h4-12,15H,13-14,16H2,1-3H3,(H,28,29)/p-1. The fourth-order valence-electron chi connectivity index (χ4n) is 3.84. The van der Waals surface area contributed by atoms with E-state index in [0.29, 0.717) is 30.9 Å². The number of hydrogen-bond acceptors (Lipinski definition) is 4. The van der Waals surface area contributed by atoms with Gasteiger partial charge in [0.15, 0.2) is 0 Å². The Labute approximate surface area is 184 Å². The minimum Gasteiger partial charge on any atom is -0.755 e. The third-order valence-electron chi connectivity index (χ3n) is 5.22. The summed E-state index contributed by atoms with van der Waals surface area (Å²) in [5, 5.41) is 1.84. The van der Waals surface area contributed by atoms with E-state index in [-0.39, 0.29) is 6.09 Å². The van der Waals surface area contributed by atoms with E-state index in [9.17, 15) is 13.6 Å². The molecule has 0 aromatic heterocycles. The lowest BCUT2D eigenvalue weighted by Gasteiger charge is -2.33. The molecular formula is C24H25N2O4S-. The van der Waals surface area contributed by atoms with Gasteiger partial charge in [0.2, 0.25) is 0 Å². The molecule has 1 aliphatic rings. The zero-order valence-corrected chi connectivity index (χ0v) is 18.6. The highest BCUT2D eigenvalue weighted by molar-refractivity contribution is 7.81. The Kier molecular flexibility index (Phi) is 5.73. The van der Waals surface area contributed by atoms with Crippen molar-refractivity contribution in [3.8, 4) is 0 Å². The summed E-state index contributed by atoms with van der Waals surface area (Å²) in [5.74, 6) is 0. The van der Waals surface area contributed by atoms with E-state index in [0.717, 1.165) is 21.9 Å². The van der Waals surface area contributed by atoms with Crippen LogP contribution in [-0.2, 0) is 29.0 Å². The Bertz CT molecular complexity index is 1150. The predicted octanol–water partition coefficient (Wildman–Crippen LogP) is 5.07. The summed E-state index contributed by atoms with van der Waals surface area (Å²) < 4.78 is 31.3. The van der Waals surface area contributed by atoms with Crippen LogP contribution < -0.4 is 4.31 Å². The van der Waals surface area contributed by atoms with Crippen LogP contribution in [0.1, 0.15) is 31.9 Å². The Hall–Kier alpha value is -2.90. The molecule has 0 spiro atoms. The lowest BCUT2D eigenvalue weighted by Crippen LogP contribution is -2.39. The SMILES string of the molecule is CC(C)(C)OC(=O)N1CCc2cc(N(c3cccc4ccccc34)S(=O)[O-])ccc2C1. The average molecular weight is 438 g/mol. The number of carbonyl (C=O) groups is 1. The van der Waals surface area contributed by atoms with E-state index in [1.807, 2.05) is 75.4 Å². The van der Waals surface area contributed by atoms with E-state index >= 15 is 0 Å². The second kappa shape index (κ2) is 8.32. The minimum absolute atomic E-state index is 0.333. The summed E-state index contributed by atoms with van der Waals surface area (Å²) >= 11 is -2.49. The van der Waals surface area contributed by atoms with Gasteiger partial charge in [-0.1, -0.05) is 42.5 Å². The van der Waals surface area contributed by atoms with Gasteiger partial charge in [0.25, 0.3) is 0 Å². The van der Waals surface area contributed by atoms with Crippen LogP contribution >= 0.6 is 0 Å². The molecule has 1 amide bonds. The number of hydrogen-bond donors (Lipinski definition) is 0. The van der Waals surface area contributed by atoms with Gasteiger partial charge in [-0.05, 0) is 61.9 Å². The van der Waals surface area contributed by atoms with Crippen LogP contribution in [0.5, 0.6) is 0 Å². The van der Waals surface area contributed by atoms with Gasteiger partial charge < -0.3 is 14.2 Å². The van der Waals surface area contributed by atoms with E-state index < -0.39 is 16.9 Å². The number of benzene rings is 3. The van der Waals surface area contributed by atoms with Crippen LogP contribution in [0.2, 0.25) is 0 Å². The molecule has 7 heteroatoms. The highest BCUT2D eigenvalue weighted by atomic mass is 32.2. The van der Waals surface area contributed by atoms with Gasteiger partial charge in [0.1, 0.15) is 5.60 Å². The van der Waals surface area contributed by atoms with Crippen molar-refractivity contribution >= 4 is 39.5 Å². The summed E-state index contributed by atoms with van der Waals surface area (Å²) in [6, 6.07) is 18.9. The number of amides is 1. The smallest absolute Gasteiger partial charge is 0.410 e. The highest BCUT2D eigenvalue weighted by Crippen LogP contribution is 2.35. The molecule has 3 aromatic carbocycles. The molecule has 0 saturated carbocycles. The van der Waals surface area contributed by atoms with Crippen LogP contribution in [0.3, 0.4) is 0 Å². The number of ether oxygens (including phenoxy) is 1. The van der Waals surface area contributed by atoms with E-state index in [1.165, 1.54) is 4.31 Å². The maximum Gasteiger partial charge on any atom is 0.410 e. The van der Waals surface area contributed by atoms with Crippen LogP contribution in [0.15, 0.2) is 60.7 Å². The topological polar surface area (TPSA) is 72.9 Å². The van der Waals surface area contributed by atoms with Crippen molar-refractivity contribution in [2.75, 3.05) is 10.8 Å². The van der Waals surface area contributed by atoms with Gasteiger partial charge in [0, 0.05) is 18.5 Å². The molecule has 1 atom stereocenters. The molecule has 1 aliphatic heterocycles. The first kappa shape index (κ1) is 21.3. The summed E-state index contributed by atoms with van der Waals surface area (Å²) in [6.45, 7) is 6.51. The fourth-order valence-corrected chi connectivity index (χ4v) is 4.44. The van der Waals surface area contributed by atoms with Crippen LogP contribution in [-0.4, -0.2) is 31.9 Å². The van der Waals surface area contributed by atoms with Crippen molar-refractivity contribution in [1.29, 1.82) is 0 Å². The van der Waals surface area contributed by atoms with Crippen molar-refractivity contribution in [2.45, 2.75) is 39.3 Å². The van der Waals surface area contributed by atoms with Gasteiger partial charge in [-0.2, -0.15) is 0 Å².